The van der Waals surface area contributed by atoms with Crippen molar-refractivity contribution >= 4 is 37.8 Å². The maximum Gasteiger partial charge on any atom is 0.337 e. The van der Waals surface area contributed by atoms with Crippen molar-refractivity contribution in [3.05, 3.63) is 32.7 Å². The van der Waals surface area contributed by atoms with Crippen LogP contribution in [-0.4, -0.2) is 17.7 Å². The van der Waals surface area contributed by atoms with Gasteiger partial charge in [-0.1, -0.05) is 6.07 Å². The van der Waals surface area contributed by atoms with Crippen molar-refractivity contribution in [1.29, 1.82) is 0 Å². The molecule has 1 atom stereocenters. The van der Waals surface area contributed by atoms with Crippen LogP contribution in [0, 0.1) is 0 Å². The average molecular weight is 338 g/mol. The summed E-state index contributed by atoms with van der Waals surface area (Å²) in [5.74, 6) is -0.980. The Morgan fingerprint density at radius 2 is 2.13 bits per heavy atom. The lowest BCUT2D eigenvalue weighted by Crippen LogP contribution is -2.15. The van der Waals surface area contributed by atoms with Crippen molar-refractivity contribution in [1.82, 2.24) is 0 Å². The molecule has 0 saturated carbocycles. The summed E-state index contributed by atoms with van der Waals surface area (Å²) in [4.78, 5) is 10.9. The van der Waals surface area contributed by atoms with Gasteiger partial charge in [0.2, 0.25) is 0 Å². The molecule has 0 aliphatic carbocycles. The second-order valence-corrected chi connectivity index (χ2v) is 4.56. The molecule has 0 aliphatic rings. The Hall–Kier alpha value is -0.390. The first-order chi connectivity index (χ1) is 7.06. The zero-order valence-electron chi connectivity index (χ0n) is 8.04. The monoisotopic (exact) mass is 336 g/mol. The summed E-state index contributed by atoms with van der Waals surface area (Å²) in [5.41, 5.74) is 0.624. The summed E-state index contributed by atoms with van der Waals surface area (Å²) in [6, 6.07) is 5.25. The van der Waals surface area contributed by atoms with E-state index in [0.717, 1.165) is 8.95 Å². The third-order valence-electron chi connectivity index (χ3n) is 1.80. The Balaban J connectivity index is 3.01. The van der Waals surface area contributed by atoms with Gasteiger partial charge in [-0.05, 0) is 56.5 Å². The minimum atomic E-state index is -0.980. The molecule has 82 valence electrons. The highest BCUT2D eigenvalue weighted by atomic mass is 79.9. The largest absolute Gasteiger partial charge is 0.479 e. The van der Waals surface area contributed by atoms with E-state index in [4.69, 9.17) is 9.84 Å². The van der Waals surface area contributed by atoms with Crippen molar-refractivity contribution in [3.8, 4) is 0 Å². The second-order valence-electron chi connectivity index (χ2n) is 2.85. The first-order valence-electron chi connectivity index (χ1n) is 4.35. The van der Waals surface area contributed by atoms with Gasteiger partial charge in [0.1, 0.15) is 0 Å². The highest BCUT2D eigenvalue weighted by Crippen LogP contribution is 2.27. The number of rotatable bonds is 4. The van der Waals surface area contributed by atoms with Gasteiger partial charge in [0, 0.05) is 15.6 Å². The van der Waals surface area contributed by atoms with E-state index in [9.17, 15) is 4.79 Å². The van der Waals surface area contributed by atoms with Crippen LogP contribution in [0.2, 0.25) is 0 Å². The number of aliphatic carboxylic acids is 1. The third-order valence-corrected chi connectivity index (χ3v) is 3.68. The smallest absolute Gasteiger partial charge is 0.337 e. The molecule has 0 saturated heterocycles. The molecule has 15 heavy (non-hydrogen) atoms. The molecule has 0 heterocycles. The van der Waals surface area contributed by atoms with Gasteiger partial charge < -0.3 is 9.84 Å². The lowest BCUT2D eigenvalue weighted by molar-refractivity contribution is -0.150. The molecule has 5 heteroatoms. The van der Waals surface area contributed by atoms with Gasteiger partial charge in [-0.15, -0.1) is 0 Å². The van der Waals surface area contributed by atoms with Crippen LogP contribution in [0.4, 0.5) is 0 Å². The number of hydrogen-bond acceptors (Lipinski definition) is 2. The zero-order valence-corrected chi connectivity index (χ0v) is 11.2. The van der Waals surface area contributed by atoms with E-state index >= 15 is 0 Å². The van der Waals surface area contributed by atoms with E-state index in [1.807, 2.05) is 0 Å². The van der Waals surface area contributed by atoms with Crippen molar-refractivity contribution in [2.75, 3.05) is 6.61 Å². The number of benzene rings is 1. The lowest BCUT2D eigenvalue weighted by Gasteiger charge is -2.13. The number of ether oxygens (including phenoxy) is 1. The predicted octanol–water partition coefficient (Wildman–Crippen LogP) is 3.37. The van der Waals surface area contributed by atoms with Gasteiger partial charge in [0.05, 0.1) is 0 Å². The Labute approximate surface area is 105 Å². The van der Waals surface area contributed by atoms with Crippen molar-refractivity contribution < 1.29 is 14.6 Å². The van der Waals surface area contributed by atoms with E-state index in [0.29, 0.717) is 12.2 Å². The molecule has 0 amide bonds. The number of carboxylic acid groups (broad SMARTS) is 1. The lowest BCUT2D eigenvalue weighted by atomic mass is 10.1. The van der Waals surface area contributed by atoms with E-state index in [1.54, 1.807) is 25.1 Å². The van der Waals surface area contributed by atoms with Gasteiger partial charge in [0.25, 0.3) is 0 Å². The SMILES string of the molecule is CCOC(C(=O)O)c1ccc(Br)c(Br)c1. The molecule has 0 radical (unpaired) electrons. The number of carboxylic acids is 1. The summed E-state index contributed by atoms with van der Waals surface area (Å²) >= 11 is 6.64. The number of carbonyl (C=O) groups is 1. The summed E-state index contributed by atoms with van der Waals surface area (Å²) in [5, 5.41) is 8.97. The first kappa shape index (κ1) is 12.7. The minimum absolute atomic E-state index is 0.366. The maximum absolute atomic E-state index is 10.9. The number of halogens is 2. The highest BCUT2D eigenvalue weighted by molar-refractivity contribution is 9.13. The molecule has 0 fully saturated rings. The van der Waals surface area contributed by atoms with Crippen LogP contribution in [0.5, 0.6) is 0 Å². The molecule has 0 aliphatic heterocycles. The van der Waals surface area contributed by atoms with Crippen molar-refractivity contribution in [2.24, 2.45) is 0 Å². The van der Waals surface area contributed by atoms with Gasteiger partial charge >= 0.3 is 5.97 Å². The average Bonchev–Trinajstić information content (AvgIpc) is 2.18. The Morgan fingerprint density at radius 1 is 1.47 bits per heavy atom. The van der Waals surface area contributed by atoms with Crippen molar-refractivity contribution in [3.63, 3.8) is 0 Å². The molecule has 1 aromatic carbocycles. The fourth-order valence-electron chi connectivity index (χ4n) is 1.15. The molecule has 0 bridgehead atoms. The topological polar surface area (TPSA) is 46.5 Å². The van der Waals surface area contributed by atoms with Crippen LogP contribution in [0.15, 0.2) is 27.1 Å². The van der Waals surface area contributed by atoms with Crippen LogP contribution in [0.1, 0.15) is 18.6 Å². The highest BCUT2D eigenvalue weighted by Gasteiger charge is 2.20. The molecular weight excluding hydrogens is 328 g/mol. The van der Waals surface area contributed by atoms with Gasteiger partial charge in [-0.3, -0.25) is 0 Å². The molecule has 1 N–H and O–H groups in total. The molecule has 1 rings (SSSR count). The molecule has 3 nitrogen and oxygen atoms in total. The van der Waals surface area contributed by atoms with E-state index in [2.05, 4.69) is 31.9 Å². The quantitative estimate of drug-likeness (QED) is 0.916. The summed E-state index contributed by atoms with van der Waals surface area (Å²) in [6.45, 7) is 2.13. The van der Waals surface area contributed by atoms with E-state index in [-0.39, 0.29) is 0 Å². The van der Waals surface area contributed by atoms with Crippen LogP contribution >= 0.6 is 31.9 Å². The molecule has 0 spiro atoms. The number of hydrogen-bond donors (Lipinski definition) is 1. The van der Waals surface area contributed by atoms with Crippen molar-refractivity contribution in [2.45, 2.75) is 13.0 Å². The normalized spacial score (nSPS) is 12.5. The third kappa shape index (κ3) is 3.29. The Morgan fingerprint density at radius 3 is 2.60 bits per heavy atom. The minimum Gasteiger partial charge on any atom is -0.479 e. The van der Waals surface area contributed by atoms with E-state index < -0.39 is 12.1 Å². The Kier molecular flexibility index (Phi) is 4.76. The Bertz CT molecular complexity index is 366. The maximum atomic E-state index is 10.9. The summed E-state index contributed by atoms with van der Waals surface area (Å²) < 4.78 is 6.84. The zero-order chi connectivity index (χ0) is 11.4. The van der Waals surface area contributed by atoms with Crippen LogP contribution in [-0.2, 0) is 9.53 Å². The molecular formula is C10H10Br2O3. The standard InChI is InChI=1S/C10H10Br2O3/c1-2-15-9(10(13)14)6-3-4-7(11)8(12)5-6/h3-5,9H,2H2,1H3,(H,13,14). The molecule has 1 unspecified atom stereocenters. The van der Waals surface area contributed by atoms with Gasteiger partial charge in [-0.2, -0.15) is 0 Å². The second kappa shape index (κ2) is 5.63. The van der Waals surface area contributed by atoms with Crippen LogP contribution < -0.4 is 0 Å². The summed E-state index contributed by atoms with van der Waals surface area (Å²) in [6.07, 6.45) is -0.903. The van der Waals surface area contributed by atoms with E-state index in [1.165, 1.54) is 0 Å². The first-order valence-corrected chi connectivity index (χ1v) is 5.94. The van der Waals surface area contributed by atoms with Gasteiger partial charge in [0.15, 0.2) is 6.10 Å². The van der Waals surface area contributed by atoms with Crippen LogP contribution in [0.25, 0.3) is 0 Å². The molecule has 0 aromatic heterocycles. The fourth-order valence-corrected chi connectivity index (χ4v) is 1.80. The molecule has 1 aromatic rings. The van der Waals surface area contributed by atoms with Crippen LogP contribution in [0.3, 0.4) is 0 Å². The van der Waals surface area contributed by atoms with Gasteiger partial charge in [-0.25, -0.2) is 4.79 Å². The summed E-state index contributed by atoms with van der Waals surface area (Å²) in [7, 11) is 0. The fraction of sp³-hybridized carbons (Fsp3) is 0.300. The predicted molar refractivity (Wildman–Crippen MR) is 63.8 cm³/mol.